The second-order valence-corrected chi connectivity index (χ2v) is 6.48. The van der Waals surface area contributed by atoms with Crippen LogP contribution in [0, 0.1) is 0 Å². The SMILES string of the molecule is C=C(CNC(=O)OC(C)(C)C)[Si]c1ccccc1. The Balaban J connectivity index is 2.32. The van der Waals surface area contributed by atoms with E-state index in [0.29, 0.717) is 16.1 Å². The molecule has 0 atom stereocenters. The van der Waals surface area contributed by atoms with Gasteiger partial charge >= 0.3 is 6.09 Å². The molecule has 18 heavy (non-hydrogen) atoms. The van der Waals surface area contributed by atoms with E-state index in [2.05, 4.69) is 24.0 Å². The smallest absolute Gasteiger partial charge is 0.407 e. The minimum Gasteiger partial charge on any atom is -0.444 e. The summed E-state index contributed by atoms with van der Waals surface area (Å²) in [6.07, 6.45) is -0.401. The van der Waals surface area contributed by atoms with Crippen LogP contribution >= 0.6 is 0 Å². The summed E-state index contributed by atoms with van der Waals surface area (Å²) in [5, 5.41) is 4.90. The number of carbonyl (C=O) groups is 1. The van der Waals surface area contributed by atoms with Gasteiger partial charge in [0.2, 0.25) is 0 Å². The molecule has 1 aromatic rings. The van der Waals surface area contributed by atoms with E-state index < -0.39 is 11.7 Å². The molecule has 0 unspecified atom stereocenters. The highest BCUT2D eigenvalue weighted by Gasteiger charge is 2.15. The first-order valence-electron chi connectivity index (χ1n) is 5.83. The van der Waals surface area contributed by atoms with Gasteiger partial charge in [-0.15, -0.1) is 6.58 Å². The fourth-order valence-electron chi connectivity index (χ4n) is 1.26. The Morgan fingerprint density at radius 1 is 1.33 bits per heavy atom. The lowest BCUT2D eigenvalue weighted by Crippen LogP contribution is -2.35. The van der Waals surface area contributed by atoms with Gasteiger partial charge in [-0.1, -0.05) is 40.7 Å². The number of hydrogen-bond acceptors (Lipinski definition) is 2. The van der Waals surface area contributed by atoms with Gasteiger partial charge in [0.15, 0.2) is 0 Å². The zero-order chi connectivity index (χ0) is 13.6. The third kappa shape index (κ3) is 6.25. The van der Waals surface area contributed by atoms with Crippen molar-refractivity contribution in [1.29, 1.82) is 0 Å². The standard InChI is InChI=1S/C14H19NO2Si/c1-11(18-12-8-6-5-7-9-12)10-15-13(16)17-14(2,3)4/h5-9H,1,10H2,2-4H3,(H,15,16). The van der Waals surface area contributed by atoms with Crippen molar-refractivity contribution in [3.05, 3.63) is 42.1 Å². The van der Waals surface area contributed by atoms with Crippen LogP contribution in [0.15, 0.2) is 42.1 Å². The first-order chi connectivity index (χ1) is 8.37. The highest BCUT2D eigenvalue weighted by atomic mass is 28.2. The number of ether oxygens (including phenoxy) is 1. The molecule has 2 radical (unpaired) electrons. The summed E-state index contributed by atoms with van der Waals surface area (Å²) in [7, 11) is 0.501. The van der Waals surface area contributed by atoms with E-state index in [4.69, 9.17) is 4.74 Å². The molecule has 1 aromatic carbocycles. The Morgan fingerprint density at radius 2 is 1.94 bits per heavy atom. The van der Waals surface area contributed by atoms with E-state index in [-0.39, 0.29) is 0 Å². The molecule has 0 saturated heterocycles. The fraction of sp³-hybridized carbons (Fsp3) is 0.357. The van der Waals surface area contributed by atoms with Gasteiger partial charge in [-0.05, 0) is 20.8 Å². The Bertz CT molecular complexity index is 410. The number of carbonyl (C=O) groups excluding carboxylic acids is 1. The highest BCUT2D eigenvalue weighted by molar-refractivity contribution is 6.60. The lowest BCUT2D eigenvalue weighted by molar-refractivity contribution is 0.0533. The number of alkyl carbamates (subject to hydrolysis) is 1. The third-order valence-corrected chi connectivity index (χ3v) is 3.09. The van der Waals surface area contributed by atoms with Gasteiger partial charge in [0, 0.05) is 6.54 Å². The number of hydrogen-bond donors (Lipinski definition) is 1. The molecular weight excluding hydrogens is 242 g/mol. The summed E-state index contributed by atoms with van der Waals surface area (Å²) in [6.45, 7) is 9.93. The first kappa shape index (κ1) is 14.5. The van der Waals surface area contributed by atoms with Gasteiger partial charge in [-0.2, -0.15) is 0 Å². The molecule has 96 valence electrons. The second kappa shape index (κ2) is 6.40. The van der Waals surface area contributed by atoms with Crippen LogP contribution in [0.4, 0.5) is 4.79 Å². The van der Waals surface area contributed by atoms with Crippen LogP contribution in [0.1, 0.15) is 20.8 Å². The van der Waals surface area contributed by atoms with Gasteiger partial charge in [-0.25, -0.2) is 4.79 Å². The van der Waals surface area contributed by atoms with Crippen LogP contribution in [-0.2, 0) is 4.74 Å². The Labute approximate surface area is 111 Å². The van der Waals surface area contributed by atoms with E-state index in [9.17, 15) is 4.79 Å². The molecule has 0 bridgehead atoms. The van der Waals surface area contributed by atoms with Crippen molar-refractivity contribution in [1.82, 2.24) is 5.32 Å². The zero-order valence-electron chi connectivity index (χ0n) is 11.1. The van der Waals surface area contributed by atoms with Crippen molar-refractivity contribution in [2.24, 2.45) is 0 Å². The van der Waals surface area contributed by atoms with Gasteiger partial charge in [0.05, 0.1) is 0 Å². The summed E-state index contributed by atoms with van der Waals surface area (Å²) in [4.78, 5) is 11.4. The van der Waals surface area contributed by atoms with Gasteiger partial charge in [0.25, 0.3) is 0 Å². The minimum absolute atomic E-state index is 0.401. The van der Waals surface area contributed by atoms with E-state index in [1.807, 2.05) is 39.0 Å². The molecule has 3 nitrogen and oxygen atoms in total. The average Bonchev–Trinajstić information content (AvgIpc) is 2.25. The highest BCUT2D eigenvalue weighted by Crippen LogP contribution is 2.06. The van der Waals surface area contributed by atoms with Crippen LogP contribution in [0.3, 0.4) is 0 Å². The Kier molecular flexibility index (Phi) is 5.16. The molecular formula is C14H19NO2Si. The first-order valence-corrected chi connectivity index (χ1v) is 6.83. The second-order valence-electron chi connectivity index (χ2n) is 4.95. The maximum Gasteiger partial charge on any atom is 0.407 e. The zero-order valence-corrected chi connectivity index (χ0v) is 12.1. The lowest BCUT2D eigenvalue weighted by atomic mass is 10.2. The summed E-state index contributed by atoms with van der Waals surface area (Å²) in [5.41, 5.74) is -0.465. The van der Waals surface area contributed by atoms with E-state index in [1.54, 1.807) is 0 Å². The van der Waals surface area contributed by atoms with Crippen molar-refractivity contribution in [2.45, 2.75) is 26.4 Å². The summed E-state index contributed by atoms with van der Waals surface area (Å²) in [6, 6.07) is 10.1. The van der Waals surface area contributed by atoms with Crippen molar-refractivity contribution >= 4 is 20.8 Å². The van der Waals surface area contributed by atoms with Gasteiger partial charge in [0.1, 0.15) is 15.1 Å². The van der Waals surface area contributed by atoms with Crippen molar-refractivity contribution in [3.63, 3.8) is 0 Å². The van der Waals surface area contributed by atoms with Crippen LogP contribution in [0.5, 0.6) is 0 Å². The molecule has 4 heteroatoms. The van der Waals surface area contributed by atoms with Gasteiger partial charge in [-0.3, -0.25) is 0 Å². The normalized spacial score (nSPS) is 10.8. The Hall–Kier alpha value is -1.55. The molecule has 0 fully saturated rings. The van der Waals surface area contributed by atoms with Crippen LogP contribution in [0.2, 0.25) is 0 Å². The lowest BCUT2D eigenvalue weighted by Gasteiger charge is -2.19. The fourth-order valence-corrected chi connectivity index (χ4v) is 2.21. The molecule has 1 amide bonds. The van der Waals surface area contributed by atoms with Gasteiger partial charge < -0.3 is 10.1 Å². The molecule has 0 heterocycles. The maximum absolute atomic E-state index is 11.4. The molecule has 1 rings (SSSR count). The summed E-state index contributed by atoms with van der Waals surface area (Å²) in [5.74, 6) is 0. The van der Waals surface area contributed by atoms with Crippen LogP contribution in [-0.4, -0.2) is 27.8 Å². The minimum atomic E-state index is -0.465. The number of benzene rings is 1. The number of rotatable bonds is 4. The predicted molar refractivity (Wildman–Crippen MR) is 75.2 cm³/mol. The maximum atomic E-state index is 11.4. The molecule has 0 aliphatic rings. The number of amides is 1. The van der Waals surface area contributed by atoms with Crippen molar-refractivity contribution in [3.8, 4) is 0 Å². The Morgan fingerprint density at radius 3 is 2.50 bits per heavy atom. The predicted octanol–water partition coefficient (Wildman–Crippen LogP) is 2.05. The topological polar surface area (TPSA) is 38.3 Å². The quantitative estimate of drug-likeness (QED) is 0.843. The summed E-state index contributed by atoms with van der Waals surface area (Å²) < 4.78 is 5.15. The molecule has 0 spiro atoms. The number of nitrogens with one attached hydrogen (secondary N) is 1. The van der Waals surface area contributed by atoms with Crippen LogP contribution < -0.4 is 10.5 Å². The van der Waals surface area contributed by atoms with E-state index in [1.165, 1.54) is 5.19 Å². The average molecular weight is 261 g/mol. The monoisotopic (exact) mass is 261 g/mol. The largest absolute Gasteiger partial charge is 0.444 e. The van der Waals surface area contributed by atoms with Crippen LogP contribution in [0.25, 0.3) is 0 Å². The molecule has 0 aliphatic carbocycles. The van der Waals surface area contributed by atoms with Crippen molar-refractivity contribution < 1.29 is 9.53 Å². The van der Waals surface area contributed by atoms with E-state index >= 15 is 0 Å². The molecule has 0 saturated carbocycles. The van der Waals surface area contributed by atoms with E-state index in [0.717, 1.165) is 5.20 Å². The molecule has 0 aliphatic heterocycles. The third-order valence-electron chi connectivity index (χ3n) is 1.94. The molecule has 1 N–H and O–H groups in total. The molecule has 0 aromatic heterocycles. The van der Waals surface area contributed by atoms with Crippen molar-refractivity contribution in [2.75, 3.05) is 6.54 Å². The summed E-state index contributed by atoms with van der Waals surface area (Å²) >= 11 is 0.